The van der Waals surface area contributed by atoms with E-state index in [0.717, 1.165) is 11.1 Å². The highest BCUT2D eigenvalue weighted by Gasteiger charge is 2.19. The average molecular weight is 564 g/mol. The standard InChI is InChI=1S/C28H25N3O6S2/c1-18-4-12-23(13-5-18)39(34,35)37-25-14-6-20(16-26(25)36-3)7-15-27(33)31-28-30-24(17-38-28)21-8-10-22(11-9-21)29-19(2)32/h4-17H,1-3H3,(H,29,32)(H,30,31,33)/b15-7+. The summed E-state index contributed by atoms with van der Waals surface area (Å²) in [7, 11) is -2.65. The number of nitrogens with one attached hydrogen (secondary N) is 2. The molecule has 9 nitrogen and oxygen atoms in total. The van der Waals surface area contributed by atoms with Gasteiger partial charge in [-0.05, 0) is 55.0 Å². The molecule has 0 aliphatic heterocycles. The number of aromatic nitrogens is 1. The van der Waals surface area contributed by atoms with Crippen LogP contribution in [0.5, 0.6) is 11.5 Å². The molecule has 1 heterocycles. The molecule has 2 N–H and O–H groups in total. The third kappa shape index (κ3) is 7.30. The zero-order valence-corrected chi connectivity index (χ0v) is 22.9. The van der Waals surface area contributed by atoms with Crippen LogP contribution in [0.2, 0.25) is 0 Å². The van der Waals surface area contributed by atoms with Crippen molar-refractivity contribution in [1.29, 1.82) is 0 Å². The fourth-order valence-corrected chi connectivity index (χ4v) is 5.10. The van der Waals surface area contributed by atoms with E-state index in [2.05, 4.69) is 15.6 Å². The van der Waals surface area contributed by atoms with Crippen molar-refractivity contribution in [2.45, 2.75) is 18.7 Å². The van der Waals surface area contributed by atoms with Crippen molar-refractivity contribution in [3.63, 3.8) is 0 Å². The number of nitrogens with zero attached hydrogens (tertiary/aromatic N) is 1. The first-order chi connectivity index (χ1) is 18.6. The first-order valence-corrected chi connectivity index (χ1v) is 13.9. The van der Waals surface area contributed by atoms with Gasteiger partial charge in [-0.15, -0.1) is 11.3 Å². The van der Waals surface area contributed by atoms with Gasteiger partial charge in [0.15, 0.2) is 16.6 Å². The highest BCUT2D eigenvalue weighted by atomic mass is 32.2. The van der Waals surface area contributed by atoms with Crippen molar-refractivity contribution in [3.8, 4) is 22.8 Å². The van der Waals surface area contributed by atoms with Gasteiger partial charge >= 0.3 is 10.1 Å². The van der Waals surface area contributed by atoms with Crippen LogP contribution in [0.15, 0.2) is 83.1 Å². The minimum atomic E-state index is -4.05. The molecule has 0 unspecified atom stereocenters. The summed E-state index contributed by atoms with van der Waals surface area (Å²) in [6.07, 6.45) is 2.90. The highest BCUT2D eigenvalue weighted by Crippen LogP contribution is 2.31. The van der Waals surface area contributed by atoms with E-state index in [1.165, 1.54) is 49.6 Å². The van der Waals surface area contributed by atoms with E-state index in [9.17, 15) is 18.0 Å². The molecule has 1 aromatic heterocycles. The van der Waals surface area contributed by atoms with Gasteiger partial charge in [-0.25, -0.2) is 4.98 Å². The molecule has 3 aromatic carbocycles. The maximum atomic E-state index is 12.6. The molecule has 4 rings (SSSR count). The second kappa shape index (κ2) is 11.9. The Balaban J connectivity index is 1.40. The van der Waals surface area contributed by atoms with Crippen LogP contribution in [-0.2, 0) is 19.7 Å². The van der Waals surface area contributed by atoms with Gasteiger partial charge in [-0.2, -0.15) is 8.42 Å². The minimum absolute atomic E-state index is 0.0279. The monoisotopic (exact) mass is 563 g/mol. The summed E-state index contributed by atoms with van der Waals surface area (Å²) >= 11 is 1.28. The fraction of sp³-hybridized carbons (Fsp3) is 0.107. The lowest BCUT2D eigenvalue weighted by atomic mass is 10.1. The van der Waals surface area contributed by atoms with Crippen molar-refractivity contribution in [2.24, 2.45) is 0 Å². The van der Waals surface area contributed by atoms with Crippen LogP contribution in [0.1, 0.15) is 18.1 Å². The van der Waals surface area contributed by atoms with Gasteiger partial charge in [0, 0.05) is 29.6 Å². The van der Waals surface area contributed by atoms with Gasteiger partial charge in [-0.1, -0.05) is 35.9 Å². The van der Waals surface area contributed by atoms with E-state index in [0.29, 0.717) is 22.1 Å². The second-order valence-electron chi connectivity index (χ2n) is 8.38. The molecule has 0 aliphatic rings. The summed E-state index contributed by atoms with van der Waals surface area (Å²) in [5, 5.41) is 7.67. The second-order valence-corrected chi connectivity index (χ2v) is 10.8. The van der Waals surface area contributed by atoms with E-state index in [1.54, 1.807) is 42.5 Å². The maximum Gasteiger partial charge on any atom is 0.339 e. The van der Waals surface area contributed by atoms with Crippen LogP contribution in [-0.4, -0.2) is 32.3 Å². The predicted octanol–water partition coefficient (Wildman–Crippen LogP) is 5.51. The van der Waals surface area contributed by atoms with Crippen molar-refractivity contribution in [1.82, 2.24) is 4.98 Å². The minimum Gasteiger partial charge on any atom is -0.493 e. The Labute approximate surface area is 230 Å². The number of anilines is 2. The Morgan fingerprint density at radius 2 is 1.67 bits per heavy atom. The van der Waals surface area contributed by atoms with E-state index in [-0.39, 0.29) is 22.3 Å². The molecule has 0 radical (unpaired) electrons. The number of methoxy groups -OCH3 is 1. The molecule has 11 heteroatoms. The zero-order valence-electron chi connectivity index (χ0n) is 21.3. The Morgan fingerprint density at radius 3 is 2.33 bits per heavy atom. The normalized spacial score (nSPS) is 11.3. The van der Waals surface area contributed by atoms with E-state index in [4.69, 9.17) is 8.92 Å². The third-order valence-corrected chi connectivity index (χ3v) is 7.37. The lowest BCUT2D eigenvalue weighted by Gasteiger charge is -2.11. The molecule has 0 fully saturated rings. The van der Waals surface area contributed by atoms with Gasteiger partial charge in [0.25, 0.3) is 0 Å². The van der Waals surface area contributed by atoms with Crippen LogP contribution in [0.4, 0.5) is 10.8 Å². The Kier molecular flexibility index (Phi) is 8.43. The molecule has 0 aliphatic carbocycles. The van der Waals surface area contributed by atoms with Crippen molar-refractivity contribution < 1.29 is 26.9 Å². The van der Waals surface area contributed by atoms with Crippen molar-refractivity contribution in [2.75, 3.05) is 17.7 Å². The Bertz CT molecular complexity index is 1630. The van der Waals surface area contributed by atoms with Crippen LogP contribution < -0.4 is 19.6 Å². The van der Waals surface area contributed by atoms with Gasteiger partial charge < -0.3 is 14.2 Å². The Hall–Kier alpha value is -4.48. The van der Waals surface area contributed by atoms with Crippen LogP contribution >= 0.6 is 11.3 Å². The van der Waals surface area contributed by atoms with Gasteiger partial charge in [-0.3, -0.25) is 14.9 Å². The van der Waals surface area contributed by atoms with E-state index >= 15 is 0 Å². The van der Waals surface area contributed by atoms with Gasteiger partial charge in [0.05, 0.1) is 12.8 Å². The number of carbonyl (C=O) groups excluding carboxylic acids is 2. The lowest BCUT2D eigenvalue weighted by Crippen LogP contribution is -2.10. The number of carbonyl (C=O) groups is 2. The molecule has 4 aromatic rings. The number of thiazole rings is 1. The molecule has 39 heavy (non-hydrogen) atoms. The van der Waals surface area contributed by atoms with Gasteiger partial charge in [0.1, 0.15) is 4.90 Å². The third-order valence-electron chi connectivity index (χ3n) is 5.36. The van der Waals surface area contributed by atoms with E-state index in [1.807, 2.05) is 24.4 Å². The number of aryl methyl sites for hydroxylation is 1. The van der Waals surface area contributed by atoms with Crippen LogP contribution in [0.25, 0.3) is 17.3 Å². The molecular formula is C28H25N3O6S2. The topological polar surface area (TPSA) is 124 Å². The number of hydrogen-bond acceptors (Lipinski definition) is 8. The van der Waals surface area contributed by atoms with Crippen molar-refractivity contribution in [3.05, 3.63) is 89.3 Å². The molecule has 0 saturated heterocycles. The Morgan fingerprint density at radius 1 is 0.949 bits per heavy atom. The predicted molar refractivity (Wildman–Crippen MR) is 152 cm³/mol. The maximum absolute atomic E-state index is 12.6. The summed E-state index contributed by atoms with van der Waals surface area (Å²) in [4.78, 5) is 28.1. The summed E-state index contributed by atoms with van der Waals surface area (Å²) < 4.78 is 35.9. The summed E-state index contributed by atoms with van der Waals surface area (Å²) in [6, 6.07) is 18.2. The summed E-state index contributed by atoms with van der Waals surface area (Å²) in [6.45, 7) is 3.30. The smallest absolute Gasteiger partial charge is 0.339 e. The average Bonchev–Trinajstić information content (AvgIpc) is 3.36. The number of rotatable bonds is 9. The van der Waals surface area contributed by atoms with Crippen LogP contribution in [0, 0.1) is 6.92 Å². The molecular weight excluding hydrogens is 538 g/mol. The van der Waals surface area contributed by atoms with E-state index < -0.39 is 16.0 Å². The number of amides is 2. The first-order valence-electron chi connectivity index (χ1n) is 11.6. The molecule has 0 saturated carbocycles. The largest absolute Gasteiger partial charge is 0.493 e. The molecule has 0 spiro atoms. The SMILES string of the molecule is COc1cc(/C=C/C(=O)Nc2nc(-c3ccc(NC(C)=O)cc3)cs2)ccc1OS(=O)(=O)c1ccc(C)cc1. The summed E-state index contributed by atoms with van der Waals surface area (Å²) in [5.74, 6) is -0.316. The molecule has 2 amide bonds. The molecule has 0 bridgehead atoms. The first kappa shape index (κ1) is 27.6. The van der Waals surface area contributed by atoms with Crippen molar-refractivity contribution >= 4 is 50.2 Å². The number of hydrogen-bond donors (Lipinski definition) is 2. The summed E-state index contributed by atoms with van der Waals surface area (Å²) in [5.41, 5.74) is 3.74. The molecule has 200 valence electrons. The highest BCUT2D eigenvalue weighted by molar-refractivity contribution is 7.87. The number of benzene rings is 3. The van der Waals surface area contributed by atoms with Crippen LogP contribution in [0.3, 0.4) is 0 Å². The fourth-order valence-electron chi connectivity index (χ4n) is 3.44. The lowest BCUT2D eigenvalue weighted by molar-refractivity contribution is -0.114. The quantitative estimate of drug-likeness (QED) is 0.203. The molecule has 0 atom stereocenters. The van der Waals surface area contributed by atoms with Gasteiger partial charge in [0.2, 0.25) is 11.8 Å². The number of ether oxygens (including phenoxy) is 1. The zero-order chi connectivity index (χ0) is 28.0.